The standard InChI is InChI=1S/C16H25NO3S/c1-12(2)10-21(18,19)11-14-8-13(4-7-16(14)20-3)9-17-15-5-6-15/h4,7-8,12,15,17H,5-6,9-11H2,1-3H3. The SMILES string of the molecule is COc1ccc(CNC2CC2)cc1CS(=O)(=O)CC(C)C. The first-order valence-corrected chi connectivity index (χ1v) is 9.31. The van der Waals surface area contributed by atoms with E-state index >= 15 is 0 Å². The lowest BCUT2D eigenvalue weighted by molar-refractivity contribution is 0.410. The van der Waals surface area contributed by atoms with Crippen LogP contribution < -0.4 is 10.1 Å². The summed E-state index contributed by atoms with van der Waals surface area (Å²) in [4.78, 5) is 0. The van der Waals surface area contributed by atoms with Crippen molar-refractivity contribution in [3.8, 4) is 5.75 Å². The summed E-state index contributed by atoms with van der Waals surface area (Å²) in [6.45, 7) is 4.63. The largest absolute Gasteiger partial charge is 0.496 e. The van der Waals surface area contributed by atoms with Gasteiger partial charge in [0.1, 0.15) is 5.75 Å². The molecule has 0 aromatic heterocycles. The van der Waals surface area contributed by atoms with Crippen molar-refractivity contribution in [1.82, 2.24) is 5.32 Å². The van der Waals surface area contributed by atoms with Gasteiger partial charge in [-0.1, -0.05) is 19.9 Å². The van der Waals surface area contributed by atoms with Crippen molar-refractivity contribution in [3.05, 3.63) is 29.3 Å². The molecule has 0 unspecified atom stereocenters. The molecule has 0 bridgehead atoms. The average molecular weight is 311 g/mol. The summed E-state index contributed by atoms with van der Waals surface area (Å²) in [5, 5.41) is 3.44. The summed E-state index contributed by atoms with van der Waals surface area (Å²) in [5.74, 6) is 1.05. The zero-order chi connectivity index (χ0) is 15.5. The fourth-order valence-corrected chi connectivity index (χ4v) is 4.24. The maximum Gasteiger partial charge on any atom is 0.154 e. The highest BCUT2D eigenvalue weighted by atomic mass is 32.2. The van der Waals surface area contributed by atoms with Crippen molar-refractivity contribution in [1.29, 1.82) is 0 Å². The topological polar surface area (TPSA) is 55.4 Å². The number of methoxy groups -OCH3 is 1. The van der Waals surface area contributed by atoms with Crippen LogP contribution in [0, 0.1) is 5.92 Å². The fraction of sp³-hybridized carbons (Fsp3) is 0.625. The van der Waals surface area contributed by atoms with Gasteiger partial charge in [-0.25, -0.2) is 8.42 Å². The van der Waals surface area contributed by atoms with Crippen LogP contribution in [-0.4, -0.2) is 27.3 Å². The molecule has 1 saturated carbocycles. The van der Waals surface area contributed by atoms with Gasteiger partial charge < -0.3 is 10.1 Å². The van der Waals surface area contributed by atoms with E-state index in [-0.39, 0.29) is 17.4 Å². The van der Waals surface area contributed by atoms with Gasteiger partial charge in [-0.05, 0) is 36.5 Å². The molecular formula is C16H25NO3S. The van der Waals surface area contributed by atoms with Crippen molar-refractivity contribution in [2.24, 2.45) is 5.92 Å². The molecule has 0 radical (unpaired) electrons. The van der Waals surface area contributed by atoms with Crippen molar-refractivity contribution in [3.63, 3.8) is 0 Å². The second-order valence-corrected chi connectivity index (χ2v) is 8.36. The van der Waals surface area contributed by atoms with E-state index in [1.807, 2.05) is 32.0 Å². The average Bonchev–Trinajstić information content (AvgIpc) is 3.18. The van der Waals surface area contributed by atoms with Gasteiger partial charge in [0.2, 0.25) is 0 Å². The van der Waals surface area contributed by atoms with Gasteiger partial charge in [0.05, 0.1) is 18.6 Å². The minimum Gasteiger partial charge on any atom is -0.496 e. The molecule has 1 N–H and O–H groups in total. The monoisotopic (exact) mass is 311 g/mol. The first-order valence-electron chi connectivity index (χ1n) is 7.49. The molecule has 0 heterocycles. The lowest BCUT2D eigenvalue weighted by atomic mass is 10.1. The lowest BCUT2D eigenvalue weighted by Crippen LogP contribution is -2.17. The molecule has 0 amide bonds. The molecule has 21 heavy (non-hydrogen) atoms. The minimum atomic E-state index is -3.10. The van der Waals surface area contributed by atoms with E-state index in [0.717, 1.165) is 17.7 Å². The molecule has 0 spiro atoms. The highest BCUT2D eigenvalue weighted by Gasteiger charge is 2.21. The first kappa shape index (κ1) is 16.3. The van der Waals surface area contributed by atoms with E-state index in [1.54, 1.807) is 7.11 Å². The molecule has 5 heteroatoms. The zero-order valence-electron chi connectivity index (χ0n) is 13.1. The molecule has 0 aliphatic heterocycles. The van der Waals surface area contributed by atoms with Gasteiger partial charge in [0.25, 0.3) is 0 Å². The van der Waals surface area contributed by atoms with Crippen LogP contribution in [0.25, 0.3) is 0 Å². The molecule has 4 nitrogen and oxygen atoms in total. The van der Waals surface area contributed by atoms with E-state index in [9.17, 15) is 8.42 Å². The van der Waals surface area contributed by atoms with E-state index in [0.29, 0.717) is 11.8 Å². The fourth-order valence-electron chi connectivity index (χ4n) is 2.41. The molecule has 0 atom stereocenters. The Morgan fingerprint density at radius 2 is 2.05 bits per heavy atom. The lowest BCUT2D eigenvalue weighted by Gasteiger charge is -2.13. The van der Waals surface area contributed by atoms with E-state index < -0.39 is 9.84 Å². The number of ether oxygens (including phenoxy) is 1. The van der Waals surface area contributed by atoms with Gasteiger partial charge in [-0.15, -0.1) is 0 Å². The molecular weight excluding hydrogens is 286 g/mol. The maximum atomic E-state index is 12.2. The second-order valence-electron chi connectivity index (χ2n) is 6.25. The van der Waals surface area contributed by atoms with Crippen LogP contribution in [0.4, 0.5) is 0 Å². The molecule has 1 aliphatic rings. The molecule has 118 valence electrons. The second kappa shape index (κ2) is 6.79. The smallest absolute Gasteiger partial charge is 0.154 e. The number of sulfone groups is 1. The molecule has 2 rings (SSSR count). The number of hydrogen-bond donors (Lipinski definition) is 1. The van der Waals surface area contributed by atoms with Crippen LogP contribution in [0.15, 0.2) is 18.2 Å². The van der Waals surface area contributed by atoms with Crippen LogP contribution in [-0.2, 0) is 22.1 Å². The van der Waals surface area contributed by atoms with Crippen molar-refractivity contribution in [2.75, 3.05) is 12.9 Å². The molecule has 1 aliphatic carbocycles. The predicted octanol–water partition coefficient (Wildman–Crippen LogP) is 2.52. The Morgan fingerprint density at radius 3 is 2.62 bits per heavy atom. The van der Waals surface area contributed by atoms with Gasteiger partial charge >= 0.3 is 0 Å². The van der Waals surface area contributed by atoms with E-state index in [4.69, 9.17) is 4.74 Å². The van der Waals surface area contributed by atoms with Crippen molar-refractivity contribution in [2.45, 2.75) is 45.0 Å². The molecule has 1 aromatic carbocycles. The van der Waals surface area contributed by atoms with Crippen LogP contribution in [0.5, 0.6) is 5.75 Å². The highest BCUT2D eigenvalue weighted by molar-refractivity contribution is 7.90. The van der Waals surface area contributed by atoms with Gasteiger partial charge in [0, 0.05) is 18.2 Å². The Labute approximate surface area is 127 Å². The maximum absolute atomic E-state index is 12.2. The van der Waals surface area contributed by atoms with Crippen LogP contribution >= 0.6 is 0 Å². The van der Waals surface area contributed by atoms with Crippen LogP contribution in [0.3, 0.4) is 0 Å². The quantitative estimate of drug-likeness (QED) is 0.801. The predicted molar refractivity (Wildman–Crippen MR) is 85.2 cm³/mol. The normalized spacial score (nSPS) is 15.4. The summed E-state index contributed by atoms with van der Waals surface area (Å²) in [5.41, 5.74) is 1.87. The summed E-state index contributed by atoms with van der Waals surface area (Å²) in [6.07, 6.45) is 2.48. The third-order valence-electron chi connectivity index (χ3n) is 3.48. The third kappa shape index (κ3) is 5.32. The Bertz CT molecular complexity index is 577. The van der Waals surface area contributed by atoms with E-state index in [1.165, 1.54) is 12.8 Å². The molecule has 1 fully saturated rings. The summed E-state index contributed by atoms with van der Waals surface area (Å²) < 4.78 is 29.7. The van der Waals surface area contributed by atoms with Crippen molar-refractivity contribution < 1.29 is 13.2 Å². The first-order chi connectivity index (χ1) is 9.89. The zero-order valence-corrected chi connectivity index (χ0v) is 13.9. The third-order valence-corrected chi connectivity index (χ3v) is 5.41. The van der Waals surface area contributed by atoms with Crippen LogP contribution in [0.1, 0.15) is 37.8 Å². The van der Waals surface area contributed by atoms with E-state index in [2.05, 4.69) is 5.32 Å². The Morgan fingerprint density at radius 1 is 1.33 bits per heavy atom. The van der Waals surface area contributed by atoms with Gasteiger partial charge in [0.15, 0.2) is 9.84 Å². The Kier molecular flexibility index (Phi) is 5.27. The Balaban J connectivity index is 2.12. The molecule has 0 saturated heterocycles. The summed E-state index contributed by atoms with van der Waals surface area (Å²) in [7, 11) is -1.52. The number of benzene rings is 1. The van der Waals surface area contributed by atoms with Gasteiger partial charge in [-0.3, -0.25) is 0 Å². The molecule has 1 aromatic rings. The van der Waals surface area contributed by atoms with Gasteiger partial charge in [-0.2, -0.15) is 0 Å². The Hall–Kier alpha value is -1.07. The highest BCUT2D eigenvalue weighted by Crippen LogP contribution is 2.24. The summed E-state index contributed by atoms with van der Waals surface area (Å²) in [6, 6.07) is 6.45. The number of hydrogen-bond acceptors (Lipinski definition) is 4. The number of rotatable bonds is 8. The van der Waals surface area contributed by atoms with Crippen LogP contribution in [0.2, 0.25) is 0 Å². The number of nitrogens with one attached hydrogen (secondary N) is 1. The minimum absolute atomic E-state index is 0.0472. The summed E-state index contributed by atoms with van der Waals surface area (Å²) >= 11 is 0. The van der Waals surface area contributed by atoms with Crippen molar-refractivity contribution >= 4 is 9.84 Å².